The van der Waals surface area contributed by atoms with Crippen molar-refractivity contribution in [3.8, 4) is 0 Å². The Kier molecular flexibility index (Phi) is 4.25. The van der Waals surface area contributed by atoms with Crippen molar-refractivity contribution >= 4 is 11.6 Å². The highest BCUT2D eigenvalue weighted by molar-refractivity contribution is 6.30. The molecule has 0 aliphatic carbocycles. The summed E-state index contributed by atoms with van der Waals surface area (Å²) in [4.78, 5) is 2.22. The van der Waals surface area contributed by atoms with Crippen molar-refractivity contribution in [2.45, 2.75) is 32.4 Å². The first-order valence-electron chi connectivity index (χ1n) is 6.36. The summed E-state index contributed by atoms with van der Waals surface area (Å²) in [6.07, 6.45) is 0.311. The van der Waals surface area contributed by atoms with Crippen LogP contribution in [0.3, 0.4) is 0 Å². The minimum atomic E-state index is -0.427. The van der Waals surface area contributed by atoms with Crippen LogP contribution in [-0.4, -0.2) is 29.2 Å². The maximum Gasteiger partial charge on any atom is 0.142 e. The summed E-state index contributed by atoms with van der Waals surface area (Å²) in [7, 11) is 0. The summed E-state index contributed by atoms with van der Waals surface area (Å²) in [6.45, 7) is 6.05. The van der Waals surface area contributed by atoms with Crippen molar-refractivity contribution in [3.63, 3.8) is 0 Å². The van der Waals surface area contributed by atoms with Gasteiger partial charge in [-0.05, 0) is 30.0 Å². The van der Waals surface area contributed by atoms with Crippen LogP contribution in [-0.2, 0) is 0 Å². The zero-order valence-electron chi connectivity index (χ0n) is 10.7. The SMILES string of the molecule is CC(C)CN1CCC(O)C1c1ccc(Cl)c(F)c1. The van der Waals surface area contributed by atoms with Crippen LogP contribution in [0.15, 0.2) is 18.2 Å². The summed E-state index contributed by atoms with van der Waals surface area (Å²) < 4.78 is 13.5. The predicted octanol–water partition coefficient (Wildman–Crippen LogP) is 3.24. The molecule has 18 heavy (non-hydrogen) atoms. The molecule has 1 heterocycles. The lowest BCUT2D eigenvalue weighted by Gasteiger charge is -2.28. The van der Waals surface area contributed by atoms with E-state index in [0.29, 0.717) is 5.92 Å². The van der Waals surface area contributed by atoms with Crippen LogP contribution in [0.4, 0.5) is 4.39 Å². The summed E-state index contributed by atoms with van der Waals surface area (Å²) in [5.41, 5.74) is 0.808. The van der Waals surface area contributed by atoms with Gasteiger partial charge in [0.15, 0.2) is 0 Å². The van der Waals surface area contributed by atoms with E-state index < -0.39 is 11.9 Å². The first-order valence-corrected chi connectivity index (χ1v) is 6.74. The van der Waals surface area contributed by atoms with E-state index in [4.69, 9.17) is 11.6 Å². The Hall–Kier alpha value is -0.640. The predicted molar refractivity (Wildman–Crippen MR) is 71.2 cm³/mol. The molecule has 0 aromatic heterocycles. The van der Waals surface area contributed by atoms with E-state index in [-0.39, 0.29) is 11.1 Å². The van der Waals surface area contributed by atoms with E-state index in [1.165, 1.54) is 6.07 Å². The number of hydrogen-bond acceptors (Lipinski definition) is 2. The summed E-state index contributed by atoms with van der Waals surface area (Å²) in [5, 5.41) is 10.2. The van der Waals surface area contributed by atoms with Gasteiger partial charge >= 0.3 is 0 Å². The molecule has 1 saturated heterocycles. The normalized spacial score (nSPS) is 25.0. The third-order valence-electron chi connectivity index (χ3n) is 3.35. The Balaban J connectivity index is 2.24. The van der Waals surface area contributed by atoms with Gasteiger partial charge in [-0.2, -0.15) is 0 Å². The maximum absolute atomic E-state index is 13.5. The largest absolute Gasteiger partial charge is 0.391 e. The van der Waals surface area contributed by atoms with Crippen molar-refractivity contribution in [1.29, 1.82) is 0 Å². The summed E-state index contributed by atoms with van der Waals surface area (Å²) in [5.74, 6) is 0.104. The Morgan fingerprint density at radius 1 is 1.50 bits per heavy atom. The molecule has 1 aliphatic rings. The van der Waals surface area contributed by atoms with Crippen molar-refractivity contribution in [2.75, 3.05) is 13.1 Å². The van der Waals surface area contributed by atoms with E-state index >= 15 is 0 Å². The van der Waals surface area contributed by atoms with Gasteiger partial charge < -0.3 is 5.11 Å². The summed E-state index contributed by atoms with van der Waals surface area (Å²) in [6, 6.07) is 4.69. The molecule has 1 aromatic rings. The van der Waals surface area contributed by atoms with Crippen LogP contribution in [0, 0.1) is 11.7 Å². The minimum absolute atomic E-state index is 0.112. The van der Waals surface area contributed by atoms with Gasteiger partial charge in [-0.3, -0.25) is 4.90 Å². The smallest absolute Gasteiger partial charge is 0.142 e. The molecule has 0 saturated carbocycles. The summed E-state index contributed by atoms with van der Waals surface area (Å²) >= 11 is 5.69. The van der Waals surface area contributed by atoms with Crippen LogP contribution >= 0.6 is 11.6 Å². The molecule has 0 amide bonds. The molecule has 0 bridgehead atoms. The molecule has 2 atom stereocenters. The maximum atomic E-state index is 13.5. The lowest BCUT2D eigenvalue weighted by Crippen LogP contribution is -2.30. The molecule has 0 spiro atoms. The van der Waals surface area contributed by atoms with Gasteiger partial charge in [-0.25, -0.2) is 4.39 Å². The van der Waals surface area contributed by atoms with Gasteiger partial charge in [0, 0.05) is 13.1 Å². The van der Waals surface area contributed by atoms with Crippen molar-refractivity contribution in [2.24, 2.45) is 5.92 Å². The molecule has 4 heteroatoms. The molecule has 1 aromatic carbocycles. The van der Waals surface area contributed by atoms with Crippen LogP contribution in [0.25, 0.3) is 0 Å². The van der Waals surface area contributed by atoms with Gasteiger partial charge in [0.05, 0.1) is 17.2 Å². The first-order chi connectivity index (χ1) is 8.49. The molecule has 2 nitrogen and oxygen atoms in total. The molecule has 1 N–H and O–H groups in total. The Morgan fingerprint density at radius 2 is 2.22 bits per heavy atom. The molecule has 1 fully saturated rings. The topological polar surface area (TPSA) is 23.5 Å². The fourth-order valence-corrected chi connectivity index (χ4v) is 2.76. The fraction of sp³-hybridized carbons (Fsp3) is 0.571. The number of aliphatic hydroxyl groups excluding tert-OH is 1. The highest BCUT2D eigenvalue weighted by Crippen LogP contribution is 2.34. The lowest BCUT2D eigenvalue weighted by atomic mass is 10.0. The minimum Gasteiger partial charge on any atom is -0.391 e. The van der Waals surface area contributed by atoms with Crippen molar-refractivity contribution in [3.05, 3.63) is 34.6 Å². The average Bonchev–Trinajstić information content (AvgIpc) is 2.63. The number of hydrogen-bond donors (Lipinski definition) is 1. The second-order valence-corrected chi connectivity index (χ2v) is 5.77. The Morgan fingerprint density at radius 3 is 2.83 bits per heavy atom. The van der Waals surface area contributed by atoms with Crippen LogP contribution in [0.1, 0.15) is 31.9 Å². The van der Waals surface area contributed by atoms with E-state index in [0.717, 1.165) is 25.1 Å². The Bertz CT molecular complexity index is 424. The van der Waals surface area contributed by atoms with E-state index in [2.05, 4.69) is 18.7 Å². The molecule has 0 radical (unpaired) electrons. The lowest BCUT2D eigenvalue weighted by molar-refractivity contribution is 0.110. The molecule has 100 valence electrons. The third kappa shape index (κ3) is 2.85. The van der Waals surface area contributed by atoms with Crippen LogP contribution in [0.2, 0.25) is 5.02 Å². The monoisotopic (exact) mass is 271 g/mol. The van der Waals surface area contributed by atoms with Gasteiger partial charge in [0.2, 0.25) is 0 Å². The number of likely N-dealkylation sites (tertiary alicyclic amines) is 1. The molecular formula is C14H19ClFNO. The quantitative estimate of drug-likeness (QED) is 0.912. The number of aliphatic hydroxyl groups is 1. The number of nitrogens with zero attached hydrogens (tertiary/aromatic N) is 1. The van der Waals surface area contributed by atoms with Gasteiger partial charge in [0.1, 0.15) is 5.82 Å². The standard InChI is InChI=1S/C14H19ClFNO/c1-9(2)8-17-6-5-13(18)14(17)10-3-4-11(15)12(16)7-10/h3-4,7,9,13-14,18H,5-6,8H2,1-2H3. The highest BCUT2D eigenvalue weighted by Gasteiger charge is 2.34. The zero-order chi connectivity index (χ0) is 13.3. The Labute approximate surface area is 112 Å². The zero-order valence-corrected chi connectivity index (χ0v) is 11.5. The molecule has 2 rings (SSSR count). The van der Waals surface area contributed by atoms with E-state index in [9.17, 15) is 9.50 Å². The van der Waals surface area contributed by atoms with Crippen LogP contribution in [0.5, 0.6) is 0 Å². The average molecular weight is 272 g/mol. The third-order valence-corrected chi connectivity index (χ3v) is 3.66. The van der Waals surface area contributed by atoms with Crippen molar-refractivity contribution < 1.29 is 9.50 Å². The number of halogens is 2. The highest BCUT2D eigenvalue weighted by atomic mass is 35.5. The molecule has 2 unspecified atom stereocenters. The number of rotatable bonds is 3. The van der Waals surface area contributed by atoms with E-state index in [1.807, 2.05) is 0 Å². The fourth-order valence-electron chi connectivity index (χ4n) is 2.64. The molecular weight excluding hydrogens is 253 g/mol. The number of benzene rings is 1. The van der Waals surface area contributed by atoms with Crippen molar-refractivity contribution in [1.82, 2.24) is 4.90 Å². The van der Waals surface area contributed by atoms with Gasteiger partial charge in [-0.1, -0.05) is 31.5 Å². The van der Waals surface area contributed by atoms with E-state index in [1.54, 1.807) is 12.1 Å². The first kappa shape index (κ1) is 13.8. The second kappa shape index (κ2) is 5.55. The molecule has 1 aliphatic heterocycles. The van der Waals surface area contributed by atoms with Crippen LogP contribution < -0.4 is 0 Å². The second-order valence-electron chi connectivity index (χ2n) is 5.36. The van der Waals surface area contributed by atoms with Gasteiger partial charge in [-0.15, -0.1) is 0 Å². The van der Waals surface area contributed by atoms with Gasteiger partial charge in [0.25, 0.3) is 0 Å².